The highest BCUT2D eigenvalue weighted by Gasteiger charge is 2.23. The molecule has 226 valence electrons. The molecule has 1 heterocycles. The topological polar surface area (TPSA) is 145 Å². The summed E-state index contributed by atoms with van der Waals surface area (Å²) in [6.45, 7) is 0.0365. The minimum atomic E-state index is -3.44. The Morgan fingerprint density at radius 3 is 2.41 bits per heavy atom. The van der Waals surface area contributed by atoms with Gasteiger partial charge in [-0.15, -0.1) is 0 Å². The van der Waals surface area contributed by atoms with Crippen molar-refractivity contribution >= 4 is 44.4 Å². The van der Waals surface area contributed by atoms with Crippen molar-refractivity contribution in [2.24, 2.45) is 0 Å². The van der Waals surface area contributed by atoms with E-state index < -0.39 is 27.9 Å². The molecule has 4 aromatic carbocycles. The SMILES string of the molecule is O=C(NC(Oc1ccc(CCCS(=O)(=O)c2ccc(Cl)cc2)cc1)C(=O)O)c1cccc(OCc2nc3ccccc3o2)c1. The Hall–Kier alpha value is -4.87. The normalized spacial score (nSPS) is 12.0. The second-order valence-corrected chi connectivity index (χ2v) is 12.3. The molecule has 1 aromatic heterocycles. The lowest BCUT2D eigenvalue weighted by molar-refractivity contribution is -0.146. The van der Waals surface area contributed by atoms with Crippen LogP contribution in [0.5, 0.6) is 11.5 Å². The lowest BCUT2D eigenvalue weighted by Gasteiger charge is -2.17. The second-order valence-electron chi connectivity index (χ2n) is 9.72. The van der Waals surface area contributed by atoms with E-state index in [1.165, 1.54) is 36.4 Å². The molecular weight excluding hydrogens is 608 g/mol. The van der Waals surface area contributed by atoms with Crippen molar-refractivity contribution in [3.8, 4) is 11.5 Å². The number of hydrogen-bond acceptors (Lipinski definition) is 8. The number of halogens is 1. The van der Waals surface area contributed by atoms with Crippen molar-refractivity contribution in [2.45, 2.75) is 30.6 Å². The van der Waals surface area contributed by atoms with Crippen LogP contribution in [0.2, 0.25) is 5.02 Å². The fourth-order valence-corrected chi connectivity index (χ4v) is 5.73. The number of hydrogen-bond donors (Lipinski definition) is 2. The summed E-state index contributed by atoms with van der Waals surface area (Å²) in [7, 11) is -3.44. The molecule has 0 aliphatic heterocycles. The van der Waals surface area contributed by atoms with E-state index in [0.717, 1.165) is 5.56 Å². The van der Waals surface area contributed by atoms with Crippen LogP contribution in [-0.4, -0.2) is 42.4 Å². The molecule has 0 saturated heterocycles. The number of amides is 1. The molecule has 10 nitrogen and oxygen atoms in total. The van der Waals surface area contributed by atoms with E-state index in [1.807, 2.05) is 18.2 Å². The van der Waals surface area contributed by atoms with E-state index in [1.54, 1.807) is 42.5 Å². The third-order valence-corrected chi connectivity index (χ3v) is 8.58. The van der Waals surface area contributed by atoms with Gasteiger partial charge in [-0.25, -0.2) is 18.2 Å². The molecule has 0 aliphatic rings. The van der Waals surface area contributed by atoms with E-state index in [-0.39, 0.29) is 28.6 Å². The van der Waals surface area contributed by atoms with Crippen LogP contribution in [0.25, 0.3) is 11.1 Å². The average Bonchev–Trinajstić information content (AvgIpc) is 3.44. The maximum Gasteiger partial charge on any atom is 0.366 e. The van der Waals surface area contributed by atoms with Crippen LogP contribution in [0.1, 0.15) is 28.2 Å². The Labute approximate surface area is 258 Å². The summed E-state index contributed by atoms with van der Waals surface area (Å²) in [5.41, 5.74) is 2.34. The van der Waals surface area contributed by atoms with Gasteiger partial charge in [0.2, 0.25) is 5.89 Å². The standard InChI is InChI=1S/C32H27ClN2O8S/c33-23-12-16-26(17-13-23)44(39,40)18-4-5-21-10-14-24(15-11-21)42-31(32(37)38)35-30(36)22-6-3-7-25(19-22)41-20-29-34-27-8-1-2-9-28(27)43-29/h1-3,6-17,19,31H,4-5,18,20H2,(H,35,36)(H,37,38). The number of carboxylic acid groups (broad SMARTS) is 1. The molecule has 0 aliphatic carbocycles. The molecule has 2 N–H and O–H groups in total. The van der Waals surface area contributed by atoms with E-state index in [2.05, 4.69) is 10.3 Å². The molecule has 1 amide bonds. The third kappa shape index (κ3) is 7.94. The average molecular weight is 635 g/mol. The summed E-state index contributed by atoms with van der Waals surface area (Å²) < 4.78 is 42.0. The zero-order valence-electron chi connectivity index (χ0n) is 23.2. The van der Waals surface area contributed by atoms with Crippen molar-refractivity contribution in [2.75, 3.05) is 5.75 Å². The van der Waals surface area contributed by atoms with Crippen LogP contribution in [-0.2, 0) is 27.7 Å². The van der Waals surface area contributed by atoms with E-state index >= 15 is 0 Å². The molecule has 12 heteroatoms. The quantitative estimate of drug-likeness (QED) is 0.156. The Kier molecular flexibility index (Phi) is 9.47. The highest BCUT2D eigenvalue weighted by molar-refractivity contribution is 7.91. The number of carboxylic acids is 1. The molecule has 0 spiro atoms. The first-order valence-corrected chi connectivity index (χ1v) is 15.5. The van der Waals surface area contributed by atoms with Crippen molar-refractivity contribution in [1.29, 1.82) is 0 Å². The first kappa shape index (κ1) is 30.6. The maximum absolute atomic E-state index is 12.9. The Bertz CT molecular complexity index is 1840. The fraction of sp³-hybridized carbons (Fsp3) is 0.156. The number of aliphatic carboxylic acids is 1. The monoisotopic (exact) mass is 634 g/mol. The van der Waals surface area contributed by atoms with Gasteiger partial charge in [0.15, 0.2) is 22.0 Å². The van der Waals surface area contributed by atoms with E-state index in [9.17, 15) is 23.1 Å². The van der Waals surface area contributed by atoms with Gasteiger partial charge >= 0.3 is 5.97 Å². The van der Waals surface area contributed by atoms with Gasteiger partial charge in [0.25, 0.3) is 12.1 Å². The molecular formula is C32H27ClN2O8S. The van der Waals surface area contributed by atoms with Crippen molar-refractivity contribution in [3.63, 3.8) is 0 Å². The Balaban J connectivity index is 1.14. The van der Waals surface area contributed by atoms with Crippen LogP contribution in [0.4, 0.5) is 0 Å². The second kappa shape index (κ2) is 13.6. The number of benzene rings is 4. The molecule has 1 atom stereocenters. The van der Waals surface area contributed by atoms with Gasteiger partial charge in [-0.05, 0) is 85.1 Å². The largest absolute Gasteiger partial charge is 0.484 e. The molecule has 0 bridgehead atoms. The van der Waals surface area contributed by atoms with Gasteiger partial charge in [-0.1, -0.05) is 41.9 Å². The number of oxazole rings is 1. The first-order chi connectivity index (χ1) is 21.2. The summed E-state index contributed by atoms with van der Waals surface area (Å²) in [6.07, 6.45) is -0.796. The zero-order chi connectivity index (χ0) is 31.1. The summed E-state index contributed by atoms with van der Waals surface area (Å²) in [5.74, 6) is -1.16. The molecule has 44 heavy (non-hydrogen) atoms. The highest BCUT2D eigenvalue weighted by Crippen LogP contribution is 2.20. The van der Waals surface area contributed by atoms with Crippen molar-refractivity contribution in [3.05, 3.63) is 119 Å². The summed E-state index contributed by atoms with van der Waals surface area (Å²) in [6, 6.07) is 26.1. The minimum Gasteiger partial charge on any atom is -0.484 e. The van der Waals surface area contributed by atoms with Gasteiger partial charge < -0.3 is 24.3 Å². The number of ether oxygens (including phenoxy) is 2. The number of para-hydroxylation sites is 2. The van der Waals surface area contributed by atoms with Gasteiger partial charge in [0.05, 0.1) is 10.6 Å². The Morgan fingerprint density at radius 1 is 0.932 bits per heavy atom. The number of rotatable bonds is 13. The molecule has 5 rings (SSSR count). The van der Waals surface area contributed by atoms with Gasteiger partial charge in [0.1, 0.15) is 17.0 Å². The molecule has 0 radical (unpaired) electrons. The molecule has 0 fully saturated rings. The van der Waals surface area contributed by atoms with Gasteiger partial charge in [0, 0.05) is 10.6 Å². The van der Waals surface area contributed by atoms with Crippen molar-refractivity contribution < 1.29 is 37.0 Å². The first-order valence-electron chi connectivity index (χ1n) is 13.5. The number of nitrogens with zero attached hydrogens (tertiary/aromatic N) is 1. The summed E-state index contributed by atoms with van der Waals surface area (Å²) in [4.78, 5) is 29.3. The minimum absolute atomic E-state index is 0.0365. The number of sulfone groups is 1. The number of aryl methyl sites for hydroxylation is 1. The predicted octanol–water partition coefficient (Wildman–Crippen LogP) is 5.69. The van der Waals surface area contributed by atoms with Crippen LogP contribution < -0.4 is 14.8 Å². The number of carbonyl (C=O) groups excluding carboxylic acids is 1. The summed E-state index contributed by atoms with van der Waals surface area (Å²) >= 11 is 5.84. The van der Waals surface area contributed by atoms with Crippen LogP contribution >= 0.6 is 11.6 Å². The molecule has 0 saturated carbocycles. The smallest absolute Gasteiger partial charge is 0.366 e. The molecule has 1 unspecified atom stereocenters. The lowest BCUT2D eigenvalue weighted by atomic mass is 10.1. The lowest BCUT2D eigenvalue weighted by Crippen LogP contribution is -2.44. The number of carbonyl (C=O) groups is 2. The van der Waals surface area contributed by atoms with E-state index in [0.29, 0.717) is 40.6 Å². The van der Waals surface area contributed by atoms with Gasteiger partial charge in [-0.2, -0.15) is 0 Å². The van der Waals surface area contributed by atoms with E-state index in [4.69, 9.17) is 25.5 Å². The summed E-state index contributed by atoms with van der Waals surface area (Å²) in [5, 5.41) is 12.5. The van der Waals surface area contributed by atoms with Crippen LogP contribution in [0.3, 0.4) is 0 Å². The van der Waals surface area contributed by atoms with Gasteiger partial charge in [-0.3, -0.25) is 4.79 Å². The number of fused-ring (bicyclic) bond motifs is 1. The van der Waals surface area contributed by atoms with Crippen LogP contribution in [0, 0.1) is 0 Å². The number of nitrogens with one attached hydrogen (secondary N) is 1. The Morgan fingerprint density at radius 2 is 1.68 bits per heavy atom. The van der Waals surface area contributed by atoms with Crippen LogP contribution in [0.15, 0.2) is 106 Å². The maximum atomic E-state index is 12.9. The zero-order valence-corrected chi connectivity index (χ0v) is 24.8. The number of aromatic nitrogens is 1. The third-order valence-electron chi connectivity index (χ3n) is 6.51. The predicted molar refractivity (Wildman–Crippen MR) is 163 cm³/mol. The molecule has 5 aromatic rings. The fourth-order valence-electron chi connectivity index (χ4n) is 4.29. The van der Waals surface area contributed by atoms with Crippen molar-refractivity contribution in [1.82, 2.24) is 10.3 Å². The highest BCUT2D eigenvalue weighted by atomic mass is 35.5.